The fourth-order valence-corrected chi connectivity index (χ4v) is 3.77. The number of anilines is 1. The van der Waals surface area contributed by atoms with Crippen LogP contribution in [-0.4, -0.2) is 40.1 Å². The van der Waals surface area contributed by atoms with Gasteiger partial charge in [0.25, 0.3) is 0 Å². The first kappa shape index (κ1) is 18.7. The molecule has 4 rings (SSSR count). The van der Waals surface area contributed by atoms with Gasteiger partial charge in [0.2, 0.25) is 0 Å². The van der Waals surface area contributed by atoms with Gasteiger partial charge >= 0.3 is 0 Å². The highest BCUT2D eigenvalue weighted by molar-refractivity contribution is 5.87. The minimum absolute atomic E-state index is 0.237. The summed E-state index contributed by atoms with van der Waals surface area (Å²) in [7, 11) is 1.68. The van der Waals surface area contributed by atoms with Crippen LogP contribution in [0.3, 0.4) is 0 Å². The molecule has 1 aliphatic heterocycles. The number of imidazole rings is 1. The maximum absolute atomic E-state index is 6.17. The third kappa shape index (κ3) is 3.54. The van der Waals surface area contributed by atoms with Crippen LogP contribution in [0.15, 0.2) is 24.3 Å². The van der Waals surface area contributed by atoms with Crippen molar-refractivity contribution in [2.45, 2.75) is 45.1 Å². The number of aryl methyl sites for hydroxylation is 1. The lowest BCUT2D eigenvalue weighted by Crippen LogP contribution is -2.11. The standard InChI is InChI=1S/C21H27N5O2/c1-3-4-5-17-23-19-20(18(24-25-21(19)22)15-10-11-28-13-15)26(17)12-14-6-8-16(27-2)9-7-14/h6-9,15H,3-5,10-13H2,1-2H3,(H2,22,25). The molecule has 0 bridgehead atoms. The Bertz CT molecular complexity index is 946. The molecule has 28 heavy (non-hydrogen) atoms. The fraction of sp³-hybridized carbons (Fsp3) is 0.476. The SMILES string of the molecule is CCCCc1nc2c(N)nnc(C3CCOC3)c2n1Cc1ccc(OC)cc1. The van der Waals surface area contributed by atoms with E-state index >= 15 is 0 Å². The summed E-state index contributed by atoms with van der Waals surface area (Å²) in [6.07, 6.45) is 4.04. The maximum atomic E-state index is 6.17. The Kier molecular flexibility index (Phi) is 5.43. The Labute approximate surface area is 164 Å². The Hall–Kier alpha value is -2.67. The third-order valence-electron chi connectivity index (χ3n) is 5.37. The summed E-state index contributed by atoms with van der Waals surface area (Å²) in [4.78, 5) is 4.88. The molecule has 7 nitrogen and oxygen atoms in total. The number of rotatable bonds is 7. The van der Waals surface area contributed by atoms with Crippen molar-refractivity contribution in [3.8, 4) is 5.75 Å². The van der Waals surface area contributed by atoms with E-state index in [1.807, 2.05) is 12.1 Å². The molecule has 3 heterocycles. The summed E-state index contributed by atoms with van der Waals surface area (Å²) < 4.78 is 13.2. The highest BCUT2D eigenvalue weighted by atomic mass is 16.5. The second-order valence-electron chi connectivity index (χ2n) is 7.29. The number of nitrogens with two attached hydrogens (primary N) is 1. The van der Waals surface area contributed by atoms with Gasteiger partial charge in [-0.25, -0.2) is 4.98 Å². The third-order valence-corrected chi connectivity index (χ3v) is 5.37. The predicted octanol–water partition coefficient (Wildman–Crippen LogP) is 3.31. The first-order valence-electron chi connectivity index (χ1n) is 9.93. The molecule has 1 atom stereocenters. The Morgan fingerprint density at radius 2 is 2.07 bits per heavy atom. The minimum Gasteiger partial charge on any atom is -0.497 e. The van der Waals surface area contributed by atoms with Gasteiger partial charge in [-0.05, 0) is 30.5 Å². The van der Waals surface area contributed by atoms with E-state index < -0.39 is 0 Å². The molecule has 7 heteroatoms. The first-order valence-corrected chi connectivity index (χ1v) is 9.93. The molecule has 2 aromatic heterocycles. The average molecular weight is 381 g/mol. The molecule has 1 saturated heterocycles. The Balaban J connectivity index is 1.83. The maximum Gasteiger partial charge on any atom is 0.174 e. The van der Waals surface area contributed by atoms with Crippen LogP contribution in [-0.2, 0) is 17.7 Å². The molecule has 0 spiro atoms. The summed E-state index contributed by atoms with van der Waals surface area (Å²) in [6, 6.07) is 8.15. The van der Waals surface area contributed by atoms with E-state index in [9.17, 15) is 0 Å². The Morgan fingerprint density at radius 1 is 1.25 bits per heavy atom. The molecular weight excluding hydrogens is 354 g/mol. The number of nitrogens with zero attached hydrogens (tertiary/aromatic N) is 4. The van der Waals surface area contributed by atoms with E-state index in [-0.39, 0.29) is 5.92 Å². The van der Waals surface area contributed by atoms with E-state index in [1.165, 1.54) is 5.56 Å². The van der Waals surface area contributed by atoms with E-state index in [0.717, 1.165) is 60.6 Å². The van der Waals surface area contributed by atoms with E-state index in [4.69, 9.17) is 20.2 Å². The van der Waals surface area contributed by atoms with Gasteiger partial charge in [0.05, 0.1) is 24.9 Å². The van der Waals surface area contributed by atoms with Crippen molar-refractivity contribution in [2.24, 2.45) is 0 Å². The van der Waals surface area contributed by atoms with E-state index in [2.05, 4.69) is 33.8 Å². The minimum atomic E-state index is 0.237. The van der Waals surface area contributed by atoms with Crippen LogP contribution in [0, 0.1) is 0 Å². The number of benzene rings is 1. The number of aromatic nitrogens is 4. The second-order valence-corrected chi connectivity index (χ2v) is 7.29. The molecule has 1 aromatic carbocycles. The van der Waals surface area contributed by atoms with Crippen LogP contribution in [0.5, 0.6) is 5.75 Å². The van der Waals surface area contributed by atoms with Gasteiger partial charge in [-0.1, -0.05) is 25.5 Å². The second kappa shape index (κ2) is 8.14. The molecule has 0 radical (unpaired) electrons. The summed E-state index contributed by atoms with van der Waals surface area (Å²) in [5, 5.41) is 8.67. The number of methoxy groups -OCH3 is 1. The monoisotopic (exact) mass is 381 g/mol. The molecule has 1 unspecified atom stereocenters. The van der Waals surface area contributed by atoms with E-state index in [0.29, 0.717) is 19.0 Å². The summed E-state index contributed by atoms with van der Waals surface area (Å²) in [5.41, 5.74) is 10.1. The van der Waals surface area contributed by atoms with Crippen molar-refractivity contribution in [1.29, 1.82) is 0 Å². The molecule has 0 saturated carbocycles. The highest BCUT2D eigenvalue weighted by Gasteiger charge is 2.26. The summed E-state index contributed by atoms with van der Waals surface area (Å²) >= 11 is 0. The van der Waals surface area contributed by atoms with Gasteiger partial charge in [0.1, 0.15) is 17.1 Å². The summed E-state index contributed by atoms with van der Waals surface area (Å²) in [6.45, 7) is 4.33. The van der Waals surface area contributed by atoms with Crippen LogP contribution in [0.1, 0.15) is 49.2 Å². The van der Waals surface area contributed by atoms with Gasteiger partial charge in [0, 0.05) is 25.5 Å². The lowest BCUT2D eigenvalue weighted by atomic mass is 10.0. The number of hydrogen-bond acceptors (Lipinski definition) is 6. The zero-order valence-electron chi connectivity index (χ0n) is 16.5. The van der Waals surface area contributed by atoms with Crippen LogP contribution in [0.2, 0.25) is 0 Å². The zero-order valence-corrected chi connectivity index (χ0v) is 16.5. The van der Waals surface area contributed by atoms with Crippen LogP contribution < -0.4 is 10.5 Å². The van der Waals surface area contributed by atoms with Gasteiger partial charge < -0.3 is 19.8 Å². The number of unbranched alkanes of at least 4 members (excludes halogenated alkanes) is 1. The van der Waals surface area contributed by atoms with Crippen molar-refractivity contribution < 1.29 is 9.47 Å². The largest absolute Gasteiger partial charge is 0.497 e. The first-order chi connectivity index (χ1) is 13.7. The molecule has 0 aliphatic carbocycles. The normalized spacial score (nSPS) is 16.7. The zero-order chi connectivity index (χ0) is 19.5. The topological polar surface area (TPSA) is 88.1 Å². The highest BCUT2D eigenvalue weighted by Crippen LogP contribution is 2.32. The smallest absolute Gasteiger partial charge is 0.174 e. The van der Waals surface area contributed by atoms with Crippen molar-refractivity contribution in [3.63, 3.8) is 0 Å². The van der Waals surface area contributed by atoms with Crippen molar-refractivity contribution in [3.05, 3.63) is 41.3 Å². The van der Waals surface area contributed by atoms with Gasteiger partial charge in [-0.2, -0.15) is 5.10 Å². The van der Waals surface area contributed by atoms with Crippen LogP contribution in [0.4, 0.5) is 5.82 Å². The predicted molar refractivity (Wildman–Crippen MR) is 109 cm³/mol. The van der Waals surface area contributed by atoms with Gasteiger partial charge in [-0.3, -0.25) is 0 Å². The number of hydrogen-bond donors (Lipinski definition) is 1. The Morgan fingerprint density at radius 3 is 2.75 bits per heavy atom. The number of nitrogen functional groups attached to an aromatic ring is 1. The fourth-order valence-electron chi connectivity index (χ4n) is 3.77. The van der Waals surface area contributed by atoms with Crippen LogP contribution >= 0.6 is 0 Å². The molecule has 0 amide bonds. The molecular formula is C21H27N5O2. The number of fused-ring (bicyclic) bond motifs is 1. The molecule has 1 fully saturated rings. The molecule has 3 aromatic rings. The lowest BCUT2D eigenvalue weighted by molar-refractivity contribution is 0.193. The summed E-state index contributed by atoms with van der Waals surface area (Å²) in [5.74, 6) is 2.52. The van der Waals surface area contributed by atoms with Crippen LogP contribution in [0.25, 0.3) is 11.0 Å². The molecule has 1 aliphatic rings. The van der Waals surface area contributed by atoms with Gasteiger partial charge in [-0.15, -0.1) is 5.10 Å². The molecule has 2 N–H and O–H groups in total. The van der Waals surface area contributed by atoms with Crippen molar-refractivity contribution in [1.82, 2.24) is 19.7 Å². The number of ether oxygens (including phenoxy) is 2. The van der Waals surface area contributed by atoms with E-state index in [1.54, 1.807) is 7.11 Å². The van der Waals surface area contributed by atoms with Crippen molar-refractivity contribution >= 4 is 16.9 Å². The quantitative estimate of drug-likeness (QED) is 0.675. The average Bonchev–Trinajstić information content (AvgIpc) is 3.37. The van der Waals surface area contributed by atoms with Crippen molar-refractivity contribution in [2.75, 3.05) is 26.1 Å². The molecule has 148 valence electrons. The lowest BCUT2D eigenvalue weighted by Gasteiger charge is -2.14. The van der Waals surface area contributed by atoms with Gasteiger partial charge in [0.15, 0.2) is 5.82 Å².